The predicted molar refractivity (Wildman–Crippen MR) is 80.2 cm³/mol. The van der Waals surface area contributed by atoms with Gasteiger partial charge in [0, 0.05) is 19.1 Å². The van der Waals surface area contributed by atoms with Gasteiger partial charge in [-0.3, -0.25) is 4.68 Å². The molecule has 2 rings (SSSR count). The fraction of sp³-hybridized carbons (Fsp3) is 0.750. The molecule has 6 nitrogen and oxygen atoms in total. The first kappa shape index (κ1) is 17.4. The van der Waals surface area contributed by atoms with Gasteiger partial charge in [0.2, 0.25) is 0 Å². The van der Waals surface area contributed by atoms with Crippen LogP contribution < -0.4 is 10.5 Å². The molecule has 1 aliphatic carbocycles. The summed E-state index contributed by atoms with van der Waals surface area (Å²) < 4.78 is 29.1. The van der Waals surface area contributed by atoms with E-state index in [0.717, 1.165) is 25.7 Å². The summed E-state index contributed by atoms with van der Waals surface area (Å²) in [5.41, 5.74) is 5.35. The first-order valence-electron chi connectivity index (χ1n) is 6.63. The Hall–Kier alpha value is -0.630. The highest BCUT2D eigenvalue weighted by atomic mass is 35.5. The van der Waals surface area contributed by atoms with E-state index in [0.29, 0.717) is 6.54 Å². The van der Waals surface area contributed by atoms with Crippen molar-refractivity contribution in [3.63, 3.8) is 0 Å². The summed E-state index contributed by atoms with van der Waals surface area (Å²) in [6.07, 6.45) is 5.42. The molecule has 116 valence electrons. The minimum Gasteiger partial charge on any atom is -0.329 e. The van der Waals surface area contributed by atoms with Crippen molar-refractivity contribution in [3.05, 3.63) is 12.3 Å². The molecule has 1 aromatic heterocycles. The molecule has 1 aliphatic rings. The number of halogens is 1. The van der Waals surface area contributed by atoms with Crippen LogP contribution in [0.1, 0.15) is 32.6 Å². The Morgan fingerprint density at radius 1 is 1.55 bits per heavy atom. The van der Waals surface area contributed by atoms with Crippen LogP contribution in [0.4, 0.5) is 0 Å². The number of sulfonamides is 1. The number of nitrogens with two attached hydrogens (primary N) is 1. The van der Waals surface area contributed by atoms with Gasteiger partial charge >= 0.3 is 0 Å². The summed E-state index contributed by atoms with van der Waals surface area (Å²) in [7, 11) is -1.96. The SMILES string of the molecule is CC1CCCCC1(CN)NS(=O)(=O)c1ccnn1C.Cl. The molecule has 0 aromatic carbocycles. The van der Waals surface area contributed by atoms with Crippen LogP contribution in [0.5, 0.6) is 0 Å². The summed E-state index contributed by atoms with van der Waals surface area (Å²) in [4.78, 5) is 0. The topological polar surface area (TPSA) is 90.0 Å². The van der Waals surface area contributed by atoms with Gasteiger partial charge in [0.25, 0.3) is 10.0 Å². The fourth-order valence-corrected chi connectivity index (χ4v) is 4.52. The highest BCUT2D eigenvalue weighted by molar-refractivity contribution is 7.89. The van der Waals surface area contributed by atoms with Crippen molar-refractivity contribution in [1.29, 1.82) is 0 Å². The maximum absolute atomic E-state index is 12.5. The molecule has 0 bridgehead atoms. The van der Waals surface area contributed by atoms with Crippen molar-refractivity contribution < 1.29 is 8.42 Å². The maximum Gasteiger partial charge on any atom is 0.258 e. The Labute approximate surface area is 126 Å². The minimum absolute atomic E-state index is 0. The van der Waals surface area contributed by atoms with Crippen LogP contribution in [0.25, 0.3) is 0 Å². The molecule has 1 heterocycles. The Morgan fingerprint density at radius 3 is 2.75 bits per heavy atom. The normalized spacial score (nSPS) is 27.1. The quantitative estimate of drug-likeness (QED) is 0.866. The van der Waals surface area contributed by atoms with Gasteiger partial charge in [-0.2, -0.15) is 5.10 Å². The summed E-state index contributed by atoms with van der Waals surface area (Å²) in [5.74, 6) is 0.245. The smallest absolute Gasteiger partial charge is 0.258 e. The van der Waals surface area contributed by atoms with Crippen LogP contribution in [0.2, 0.25) is 0 Å². The van der Waals surface area contributed by atoms with Crippen LogP contribution in [0.15, 0.2) is 17.3 Å². The van der Waals surface area contributed by atoms with Crippen molar-refractivity contribution in [1.82, 2.24) is 14.5 Å². The second-order valence-electron chi connectivity index (χ2n) is 5.41. The lowest BCUT2D eigenvalue weighted by Crippen LogP contribution is -2.59. The van der Waals surface area contributed by atoms with Crippen LogP contribution >= 0.6 is 12.4 Å². The number of hydrogen-bond acceptors (Lipinski definition) is 4. The highest BCUT2D eigenvalue weighted by Crippen LogP contribution is 2.34. The average molecular weight is 323 g/mol. The molecule has 1 aromatic rings. The molecule has 0 amide bonds. The highest BCUT2D eigenvalue weighted by Gasteiger charge is 2.41. The fourth-order valence-electron chi connectivity index (χ4n) is 2.86. The summed E-state index contributed by atoms with van der Waals surface area (Å²) in [6.45, 7) is 2.39. The lowest BCUT2D eigenvalue weighted by atomic mass is 9.74. The lowest BCUT2D eigenvalue weighted by Gasteiger charge is -2.42. The molecule has 0 spiro atoms. The van der Waals surface area contributed by atoms with Crippen LogP contribution in [0, 0.1) is 5.92 Å². The zero-order valence-electron chi connectivity index (χ0n) is 11.9. The van der Waals surface area contributed by atoms with E-state index in [1.807, 2.05) is 0 Å². The first-order valence-corrected chi connectivity index (χ1v) is 8.12. The Balaban J connectivity index is 0.00000200. The largest absolute Gasteiger partial charge is 0.329 e. The number of hydrogen-bond donors (Lipinski definition) is 2. The Morgan fingerprint density at radius 2 is 2.25 bits per heavy atom. The van der Waals surface area contributed by atoms with Crippen molar-refractivity contribution in [2.75, 3.05) is 6.54 Å². The zero-order chi connectivity index (χ0) is 14.1. The van der Waals surface area contributed by atoms with E-state index in [2.05, 4.69) is 16.7 Å². The lowest BCUT2D eigenvalue weighted by molar-refractivity contribution is 0.191. The van der Waals surface area contributed by atoms with Gasteiger partial charge in [0.15, 0.2) is 5.03 Å². The van der Waals surface area contributed by atoms with Crippen LogP contribution in [-0.4, -0.2) is 30.3 Å². The van der Waals surface area contributed by atoms with Gasteiger partial charge in [-0.25, -0.2) is 13.1 Å². The second-order valence-corrected chi connectivity index (χ2v) is 7.03. The molecule has 0 aliphatic heterocycles. The van der Waals surface area contributed by atoms with E-state index < -0.39 is 15.6 Å². The third-order valence-electron chi connectivity index (χ3n) is 4.21. The zero-order valence-corrected chi connectivity index (χ0v) is 13.5. The Bertz CT molecular complexity index is 545. The van der Waals surface area contributed by atoms with E-state index >= 15 is 0 Å². The van der Waals surface area contributed by atoms with Gasteiger partial charge in [-0.1, -0.05) is 19.8 Å². The monoisotopic (exact) mass is 322 g/mol. The summed E-state index contributed by atoms with van der Waals surface area (Å²) >= 11 is 0. The number of aromatic nitrogens is 2. The molecule has 0 saturated heterocycles. The van der Waals surface area contributed by atoms with Crippen molar-refractivity contribution >= 4 is 22.4 Å². The molecule has 1 saturated carbocycles. The van der Waals surface area contributed by atoms with Gasteiger partial charge in [-0.15, -0.1) is 12.4 Å². The molecule has 2 atom stereocenters. The predicted octanol–water partition coefficient (Wildman–Crippen LogP) is 1.03. The van der Waals surface area contributed by atoms with Gasteiger partial charge in [-0.05, 0) is 24.8 Å². The number of nitrogens with one attached hydrogen (secondary N) is 1. The van der Waals surface area contributed by atoms with Crippen LogP contribution in [-0.2, 0) is 17.1 Å². The third kappa shape index (κ3) is 3.16. The maximum atomic E-state index is 12.5. The summed E-state index contributed by atoms with van der Waals surface area (Å²) in [5, 5.41) is 4.09. The Kier molecular flexibility index (Phi) is 5.60. The molecular formula is C12H23ClN4O2S. The van der Waals surface area contributed by atoms with E-state index in [9.17, 15) is 8.42 Å². The number of aryl methyl sites for hydroxylation is 1. The number of nitrogens with zero attached hydrogens (tertiary/aromatic N) is 2. The average Bonchev–Trinajstić information content (AvgIpc) is 2.79. The van der Waals surface area contributed by atoms with Crippen molar-refractivity contribution in [2.24, 2.45) is 18.7 Å². The molecule has 2 unspecified atom stereocenters. The van der Waals surface area contributed by atoms with E-state index in [-0.39, 0.29) is 23.4 Å². The van der Waals surface area contributed by atoms with E-state index in [4.69, 9.17) is 5.73 Å². The summed E-state index contributed by atoms with van der Waals surface area (Å²) in [6, 6.07) is 1.50. The van der Waals surface area contributed by atoms with Gasteiger partial charge < -0.3 is 5.73 Å². The van der Waals surface area contributed by atoms with Gasteiger partial charge in [0.1, 0.15) is 0 Å². The molecule has 8 heteroatoms. The standard InChI is InChI=1S/C12H22N4O2S.ClH/c1-10-5-3-4-7-12(10,9-13)15-19(17,18)11-6-8-14-16(11)2;/h6,8,10,15H,3-5,7,9,13H2,1-2H3;1H. The van der Waals surface area contributed by atoms with E-state index in [1.165, 1.54) is 16.9 Å². The molecule has 1 fully saturated rings. The first-order chi connectivity index (χ1) is 8.91. The second kappa shape index (κ2) is 6.43. The van der Waals surface area contributed by atoms with Crippen molar-refractivity contribution in [3.8, 4) is 0 Å². The minimum atomic E-state index is -3.58. The van der Waals surface area contributed by atoms with Crippen LogP contribution in [0.3, 0.4) is 0 Å². The molecular weight excluding hydrogens is 300 g/mol. The van der Waals surface area contributed by atoms with Crippen molar-refractivity contribution in [2.45, 2.75) is 43.2 Å². The number of rotatable bonds is 4. The molecule has 0 radical (unpaired) electrons. The van der Waals surface area contributed by atoms with E-state index in [1.54, 1.807) is 7.05 Å². The third-order valence-corrected chi connectivity index (χ3v) is 5.83. The molecule has 3 N–H and O–H groups in total. The van der Waals surface area contributed by atoms with Gasteiger partial charge in [0.05, 0.1) is 6.20 Å². The molecule has 20 heavy (non-hydrogen) atoms.